The highest BCUT2D eigenvalue weighted by atomic mass is 14.8. The normalized spacial score (nSPS) is 33.0. The fourth-order valence-corrected chi connectivity index (χ4v) is 1.98. The molecule has 1 atom stereocenters. The summed E-state index contributed by atoms with van der Waals surface area (Å²) in [5.41, 5.74) is 0.591. The second-order valence-corrected chi connectivity index (χ2v) is 4.77. The highest BCUT2D eigenvalue weighted by Crippen LogP contribution is 2.36. The van der Waals surface area contributed by atoms with Gasteiger partial charge in [0.25, 0.3) is 0 Å². The van der Waals surface area contributed by atoms with Crippen LogP contribution in [0.5, 0.6) is 0 Å². The molecule has 0 saturated carbocycles. The second-order valence-electron chi connectivity index (χ2n) is 4.77. The monoisotopic (exact) mass is 169 g/mol. The summed E-state index contributed by atoms with van der Waals surface area (Å²) in [4.78, 5) is 0. The van der Waals surface area contributed by atoms with E-state index in [0.29, 0.717) is 5.41 Å². The van der Waals surface area contributed by atoms with Crippen LogP contribution in [0.15, 0.2) is 0 Å². The van der Waals surface area contributed by atoms with Crippen molar-refractivity contribution >= 4 is 0 Å². The molecule has 1 N–H and O–H groups in total. The van der Waals surface area contributed by atoms with Gasteiger partial charge < -0.3 is 5.32 Å². The Bertz CT molecular complexity index is 121. The maximum absolute atomic E-state index is 3.50. The predicted molar refractivity (Wildman–Crippen MR) is 54.3 cm³/mol. The van der Waals surface area contributed by atoms with Gasteiger partial charge in [-0.3, -0.25) is 0 Å². The Morgan fingerprint density at radius 2 is 1.83 bits per heavy atom. The van der Waals surface area contributed by atoms with Crippen molar-refractivity contribution in [2.75, 3.05) is 13.1 Å². The summed E-state index contributed by atoms with van der Waals surface area (Å²) >= 11 is 0. The van der Waals surface area contributed by atoms with Gasteiger partial charge in [0, 0.05) is 0 Å². The summed E-state index contributed by atoms with van der Waals surface area (Å²) in [6.07, 6.45) is 5.54. The van der Waals surface area contributed by atoms with Crippen molar-refractivity contribution in [3.05, 3.63) is 0 Å². The van der Waals surface area contributed by atoms with Gasteiger partial charge in [0.15, 0.2) is 0 Å². The zero-order valence-electron chi connectivity index (χ0n) is 8.82. The minimum atomic E-state index is 0.591. The van der Waals surface area contributed by atoms with Crippen LogP contribution in [0.3, 0.4) is 0 Å². The SMILES string of the molecule is CC(C)C1(C)CCCCNCC1. The molecule has 0 aliphatic carbocycles. The van der Waals surface area contributed by atoms with E-state index >= 15 is 0 Å². The van der Waals surface area contributed by atoms with Gasteiger partial charge in [0.2, 0.25) is 0 Å². The summed E-state index contributed by atoms with van der Waals surface area (Å²) in [6, 6.07) is 0. The van der Waals surface area contributed by atoms with Crippen molar-refractivity contribution in [3.63, 3.8) is 0 Å². The van der Waals surface area contributed by atoms with Crippen molar-refractivity contribution in [2.24, 2.45) is 11.3 Å². The first-order chi connectivity index (χ1) is 5.65. The van der Waals surface area contributed by atoms with E-state index in [1.807, 2.05) is 0 Å². The summed E-state index contributed by atoms with van der Waals surface area (Å²) in [6.45, 7) is 9.62. The quantitative estimate of drug-likeness (QED) is 0.636. The molecule has 12 heavy (non-hydrogen) atoms. The third-order valence-corrected chi connectivity index (χ3v) is 3.62. The molecule has 1 heteroatoms. The Labute approximate surface area is 76.9 Å². The van der Waals surface area contributed by atoms with Crippen LogP contribution < -0.4 is 5.32 Å². The highest BCUT2D eigenvalue weighted by Gasteiger charge is 2.27. The van der Waals surface area contributed by atoms with Gasteiger partial charge in [-0.1, -0.05) is 27.2 Å². The van der Waals surface area contributed by atoms with Crippen LogP contribution in [0.25, 0.3) is 0 Å². The Hall–Kier alpha value is -0.0400. The van der Waals surface area contributed by atoms with E-state index in [1.54, 1.807) is 0 Å². The molecule has 1 fully saturated rings. The van der Waals surface area contributed by atoms with Gasteiger partial charge >= 0.3 is 0 Å². The minimum absolute atomic E-state index is 0.591. The van der Waals surface area contributed by atoms with Crippen molar-refractivity contribution in [1.82, 2.24) is 5.32 Å². The summed E-state index contributed by atoms with van der Waals surface area (Å²) in [5, 5.41) is 3.50. The van der Waals surface area contributed by atoms with E-state index < -0.39 is 0 Å². The smallest absolute Gasteiger partial charge is 0.00436 e. The molecule has 1 nitrogen and oxygen atoms in total. The Morgan fingerprint density at radius 1 is 1.08 bits per heavy atom. The lowest BCUT2D eigenvalue weighted by Gasteiger charge is -2.35. The Kier molecular flexibility index (Phi) is 3.57. The first kappa shape index (κ1) is 10.0. The van der Waals surface area contributed by atoms with E-state index in [-0.39, 0.29) is 0 Å². The molecule has 0 amide bonds. The van der Waals surface area contributed by atoms with Crippen molar-refractivity contribution in [3.8, 4) is 0 Å². The van der Waals surface area contributed by atoms with E-state index in [1.165, 1.54) is 38.8 Å². The Morgan fingerprint density at radius 3 is 2.50 bits per heavy atom. The number of hydrogen-bond acceptors (Lipinski definition) is 1. The highest BCUT2D eigenvalue weighted by molar-refractivity contribution is 4.80. The third-order valence-electron chi connectivity index (χ3n) is 3.62. The first-order valence-corrected chi connectivity index (χ1v) is 5.36. The van der Waals surface area contributed by atoms with Crippen LogP contribution in [0.4, 0.5) is 0 Å². The van der Waals surface area contributed by atoms with E-state index in [4.69, 9.17) is 0 Å². The Balaban J connectivity index is 2.48. The molecule has 72 valence electrons. The average molecular weight is 169 g/mol. The molecular weight excluding hydrogens is 146 g/mol. The van der Waals surface area contributed by atoms with E-state index in [2.05, 4.69) is 26.1 Å². The van der Waals surface area contributed by atoms with Crippen molar-refractivity contribution in [2.45, 2.75) is 46.5 Å². The summed E-state index contributed by atoms with van der Waals surface area (Å²) in [7, 11) is 0. The van der Waals surface area contributed by atoms with E-state index in [9.17, 15) is 0 Å². The van der Waals surface area contributed by atoms with Gasteiger partial charge in [0.05, 0.1) is 0 Å². The van der Waals surface area contributed by atoms with E-state index in [0.717, 1.165) is 5.92 Å². The molecule has 1 aliphatic rings. The maximum atomic E-state index is 3.50. The molecule has 0 aromatic heterocycles. The van der Waals surface area contributed by atoms with Crippen LogP contribution in [-0.4, -0.2) is 13.1 Å². The van der Waals surface area contributed by atoms with Crippen molar-refractivity contribution in [1.29, 1.82) is 0 Å². The molecular formula is C11H23N. The molecule has 1 unspecified atom stereocenters. The average Bonchev–Trinajstić information content (AvgIpc) is 1.97. The topological polar surface area (TPSA) is 12.0 Å². The number of nitrogens with one attached hydrogen (secondary N) is 1. The third kappa shape index (κ3) is 2.48. The lowest BCUT2D eigenvalue weighted by Crippen LogP contribution is -2.31. The number of hydrogen-bond donors (Lipinski definition) is 1. The maximum Gasteiger partial charge on any atom is -0.00436 e. The standard InChI is InChI=1S/C11H23N/c1-10(2)11(3)6-4-5-8-12-9-7-11/h10,12H,4-9H2,1-3H3. The molecule has 1 heterocycles. The van der Waals surface area contributed by atoms with Gasteiger partial charge in [-0.15, -0.1) is 0 Å². The zero-order valence-corrected chi connectivity index (χ0v) is 8.82. The molecule has 1 aliphatic heterocycles. The largest absolute Gasteiger partial charge is 0.317 e. The van der Waals surface area contributed by atoms with Gasteiger partial charge in [-0.25, -0.2) is 0 Å². The molecule has 0 bridgehead atoms. The molecule has 0 aromatic rings. The fourth-order valence-electron chi connectivity index (χ4n) is 1.98. The molecule has 1 rings (SSSR count). The predicted octanol–water partition coefficient (Wildman–Crippen LogP) is 2.81. The van der Waals surface area contributed by atoms with Crippen LogP contribution in [0.1, 0.15) is 46.5 Å². The van der Waals surface area contributed by atoms with Crippen LogP contribution in [0.2, 0.25) is 0 Å². The van der Waals surface area contributed by atoms with Gasteiger partial charge in [-0.2, -0.15) is 0 Å². The summed E-state index contributed by atoms with van der Waals surface area (Å²) < 4.78 is 0. The van der Waals surface area contributed by atoms with Crippen LogP contribution in [-0.2, 0) is 0 Å². The van der Waals surface area contributed by atoms with Crippen LogP contribution in [0, 0.1) is 11.3 Å². The lowest BCUT2D eigenvalue weighted by atomic mass is 9.72. The van der Waals surface area contributed by atoms with Crippen LogP contribution >= 0.6 is 0 Å². The second kappa shape index (κ2) is 4.27. The summed E-state index contributed by atoms with van der Waals surface area (Å²) in [5.74, 6) is 0.831. The molecule has 0 spiro atoms. The van der Waals surface area contributed by atoms with Gasteiger partial charge in [-0.05, 0) is 43.7 Å². The first-order valence-electron chi connectivity index (χ1n) is 5.36. The lowest BCUT2D eigenvalue weighted by molar-refractivity contribution is 0.166. The fraction of sp³-hybridized carbons (Fsp3) is 1.00. The van der Waals surface area contributed by atoms with Crippen molar-refractivity contribution < 1.29 is 0 Å². The zero-order chi connectivity index (χ0) is 9.03. The van der Waals surface area contributed by atoms with Gasteiger partial charge in [0.1, 0.15) is 0 Å². The number of rotatable bonds is 1. The molecule has 1 saturated heterocycles. The minimum Gasteiger partial charge on any atom is -0.317 e. The molecule has 0 radical (unpaired) electrons. The molecule has 0 aromatic carbocycles.